The van der Waals surface area contributed by atoms with Gasteiger partial charge in [-0.15, -0.1) is 12.4 Å². The zero-order valence-electron chi connectivity index (χ0n) is 13.3. The molecule has 24 heavy (non-hydrogen) atoms. The van der Waals surface area contributed by atoms with Gasteiger partial charge in [0.25, 0.3) is 5.91 Å². The van der Waals surface area contributed by atoms with Gasteiger partial charge in [0.1, 0.15) is 0 Å². The molecule has 0 aliphatic heterocycles. The quantitative estimate of drug-likeness (QED) is 0.799. The van der Waals surface area contributed by atoms with Crippen LogP contribution in [0.4, 0.5) is 0 Å². The van der Waals surface area contributed by atoms with Crippen molar-refractivity contribution in [3.8, 4) is 0 Å². The molecule has 1 heterocycles. The molecule has 0 saturated carbocycles. The number of carbonyl (C=O) groups is 1. The summed E-state index contributed by atoms with van der Waals surface area (Å²) in [5, 5.41) is -0.211. The zero-order valence-corrected chi connectivity index (χ0v) is 15.0. The Hall–Kier alpha value is -1.83. The number of sulfone groups is 1. The highest BCUT2D eigenvalue weighted by Crippen LogP contribution is 2.15. The summed E-state index contributed by atoms with van der Waals surface area (Å²) >= 11 is 0. The molecule has 0 radical (unpaired) electrons. The second-order valence-electron chi connectivity index (χ2n) is 5.21. The van der Waals surface area contributed by atoms with Crippen LogP contribution < -0.4 is 5.73 Å². The minimum Gasteiger partial charge on any atom is -0.440 e. The molecule has 2 rings (SSSR count). The normalized spacial score (nSPS) is 10.9. The van der Waals surface area contributed by atoms with Gasteiger partial charge in [-0.3, -0.25) is 4.79 Å². The predicted molar refractivity (Wildman–Crippen MR) is 94.2 cm³/mol. The number of benzene rings is 1. The number of nitrogens with two attached hydrogens (primary N) is 1. The number of carbonyl (C=O) groups excluding carboxylic acids is 1. The average Bonchev–Trinajstić information content (AvgIpc) is 3.02. The van der Waals surface area contributed by atoms with Gasteiger partial charge in [-0.25, -0.2) is 8.42 Å². The fourth-order valence-corrected chi connectivity index (χ4v) is 2.73. The van der Waals surface area contributed by atoms with Gasteiger partial charge in [0.2, 0.25) is 14.9 Å². The molecule has 0 spiro atoms. The molecular formula is C16H21ClN2O4S. The molecule has 2 aromatic rings. The summed E-state index contributed by atoms with van der Waals surface area (Å²) in [4.78, 5) is 14.0. The molecule has 0 unspecified atom stereocenters. The molecule has 1 aromatic heterocycles. The van der Waals surface area contributed by atoms with E-state index in [-0.39, 0.29) is 29.2 Å². The lowest BCUT2D eigenvalue weighted by atomic mass is 10.1. The lowest BCUT2D eigenvalue weighted by Gasteiger charge is -2.20. The van der Waals surface area contributed by atoms with Gasteiger partial charge in [0.15, 0.2) is 5.76 Å². The molecule has 0 aliphatic rings. The van der Waals surface area contributed by atoms with Crippen LogP contribution in [0.1, 0.15) is 16.1 Å². The molecule has 0 fully saturated rings. The van der Waals surface area contributed by atoms with Gasteiger partial charge in [-0.1, -0.05) is 30.3 Å². The molecule has 0 saturated heterocycles. The Balaban J connectivity index is 0.00000288. The largest absolute Gasteiger partial charge is 0.440 e. The van der Waals surface area contributed by atoms with Crippen molar-refractivity contribution in [2.75, 3.05) is 25.9 Å². The van der Waals surface area contributed by atoms with Crippen molar-refractivity contribution in [1.82, 2.24) is 4.90 Å². The van der Waals surface area contributed by atoms with Gasteiger partial charge >= 0.3 is 0 Å². The van der Waals surface area contributed by atoms with E-state index in [4.69, 9.17) is 10.2 Å². The standard InChI is InChI=1S/C16H20N2O4S.ClH/c1-23(20,21)15-8-7-14(22-15)16(19)18(12-10-17)11-9-13-5-3-2-4-6-13;/h2-8H,9-12,17H2,1H3;1H. The van der Waals surface area contributed by atoms with E-state index in [9.17, 15) is 13.2 Å². The molecule has 8 heteroatoms. The van der Waals surface area contributed by atoms with E-state index < -0.39 is 9.84 Å². The first kappa shape index (κ1) is 20.2. The molecular weight excluding hydrogens is 352 g/mol. The lowest BCUT2D eigenvalue weighted by Crippen LogP contribution is -2.36. The van der Waals surface area contributed by atoms with Crippen LogP contribution in [0, 0.1) is 0 Å². The highest BCUT2D eigenvalue weighted by atomic mass is 35.5. The Labute approximate surface area is 148 Å². The molecule has 6 nitrogen and oxygen atoms in total. The maximum atomic E-state index is 12.5. The van der Waals surface area contributed by atoms with Crippen molar-refractivity contribution in [2.45, 2.75) is 11.5 Å². The van der Waals surface area contributed by atoms with E-state index in [0.717, 1.165) is 11.8 Å². The summed E-state index contributed by atoms with van der Waals surface area (Å²) in [6.07, 6.45) is 1.72. The molecule has 1 amide bonds. The first-order chi connectivity index (χ1) is 10.9. The lowest BCUT2D eigenvalue weighted by molar-refractivity contribution is 0.0724. The molecule has 2 N–H and O–H groups in total. The van der Waals surface area contributed by atoms with E-state index in [2.05, 4.69) is 0 Å². The first-order valence-corrected chi connectivity index (χ1v) is 9.14. The van der Waals surface area contributed by atoms with Crippen molar-refractivity contribution in [2.24, 2.45) is 5.73 Å². The van der Waals surface area contributed by atoms with E-state index in [1.165, 1.54) is 12.1 Å². The van der Waals surface area contributed by atoms with Crippen LogP contribution in [0.15, 0.2) is 52.0 Å². The zero-order chi connectivity index (χ0) is 16.9. The summed E-state index contributed by atoms with van der Waals surface area (Å²) in [6, 6.07) is 12.5. The van der Waals surface area contributed by atoms with Crippen LogP contribution >= 0.6 is 12.4 Å². The SMILES string of the molecule is CS(=O)(=O)c1ccc(C(=O)N(CCN)CCc2ccccc2)o1.Cl. The van der Waals surface area contributed by atoms with Crippen LogP contribution in [-0.2, 0) is 16.3 Å². The average molecular weight is 373 g/mol. The summed E-state index contributed by atoms with van der Waals surface area (Å²) < 4.78 is 28.0. The number of nitrogens with zero attached hydrogens (tertiary/aromatic N) is 1. The van der Waals surface area contributed by atoms with Crippen molar-refractivity contribution in [3.63, 3.8) is 0 Å². The highest BCUT2D eigenvalue weighted by Gasteiger charge is 2.21. The predicted octanol–water partition coefficient (Wildman–Crippen LogP) is 1.75. The Morgan fingerprint density at radius 3 is 2.33 bits per heavy atom. The molecule has 0 aliphatic carbocycles. The fraction of sp³-hybridized carbons (Fsp3) is 0.312. The van der Waals surface area contributed by atoms with E-state index in [1.54, 1.807) is 4.90 Å². The topological polar surface area (TPSA) is 93.6 Å². The Bertz CT molecular complexity index is 759. The van der Waals surface area contributed by atoms with Crippen LogP contribution in [0.5, 0.6) is 0 Å². The fourth-order valence-electron chi connectivity index (χ4n) is 2.17. The summed E-state index contributed by atoms with van der Waals surface area (Å²) in [6.45, 7) is 1.18. The third kappa shape index (κ3) is 5.36. The second-order valence-corrected chi connectivity index (χ2v) is 7.15. The number of furan rings is 1. The third-order valence-corrected chi connectivity index (χ3v) is 4.31. The van der Waals surface area contributed by atoms with Crippen LogP contribution in [0.25, 0.3) is 0 Å². The van der Waals surface area contributed by atoms with Crippen LogP contribution in [0.3, 0.4) is 0 Å². The van der Waals surface area contributed by atoms with Gasteiger partial charge in [-0.05, 0) is 24.1 Å². The van der Waals surface area contributed by atoms with Crippen LogP contribution in [-0.4, -0.2) is 45.1 Å². The van der Waals surface area contributed by atoms with E-state index >= 15 is 0 Å². The minimum atomic E-state index is -3.47. The van der Waals surface area contributed by atoms with E-state index in [1.807, 2.05) is 30.3 Å². The third-order valence-electron chi connectivity index (χ3n) is 3.36. The number of rotatable bonds is 7. The maximum absolute atomic E-state index is 12.5. The van der Waals surface area contributed by atoms with Crippen molar-refractivity contribution >= 4 is 28.2 Å². The molecule has 132 valence electrons. The highest BCUT2D eigenvalue weighted by molar-refractivity contribution is 7.90. The Kier molecular flexibility index (Phi) is 7.47. The Morgan fingerprint density at radius 2 is 1.79 bits per heavy atom. The molecule has 0 atom stereocenters. The first-order valence-electron chi connectivity index (χ1n) is 7.25. The molecule has 0 bridgehead atoms. The van der Waals surface area contributed by atoms with Crippen LogP contribution in [0.2, 0.25) is 0 Å². The monoisotopic (exact) mass is 372 g/mol. The number of hydrogen-bond acceptors (Lipinski definition) is 5. The van der Waals surface area contributed by atoms with Gasteiger partial charge in [0, 0.05) is 25.9 Å². The molecule has 1 aromatic carbocycles. The summed E-state index contributed by atoms with van der Waals surface area (Å²) in [5.74, 6) is -0.354. The smallest absolute Gasteiger partial charge is 0.289 e. The number of hydrogen-bond donors (Lipinski definition) is 1. The van der Waals surface area contributed by atoms with Gasteiger partial charge in [-0.2, -0.15) is 0 Å². The van der Waals surface area contributed by atoms with Gasteiger partial charge in [0.05, 0.1) is 0 Å². The van der Waals surface area contributed by atoms with Gasteiger partial charge < -0.3 is 15.1 Å². The summed E-state index contributed by atoms with van der Waals surface area (Å²) in [5.41, 5.74) is 6.68. The number of amides is 1. The van der Waals surface area contributed by atoms with E-state index in [0.29, 0.717) is 26.1 Å². The Morgan fingerprint density at radius 1 is 1.12 bits per heavy atom. The number of halogens is 1. The van der Waals surface area contributed by atoms with Crippen molar-refractivity contribution in [1.29, 1.82) is 0 Å². The summed E-state index contributed by atoms with van der Waals surface area (Å²) in [7, 11) is -3.47. The second kappa shape index (κ2) is 8.86. The maximum Gasteiger partial charge on any atom is 0.289 e. The minimum absolute atomic E-state index is 0. The van der Waals surface area contributed by atoms with Crippen molar-refractivity contribution < 1.29 is 17.6 Å². The van der Waals surface area contributed by atoms with Crippen molar-refractivity contribution in [3.05, 3.63) is 53.8 Å².